The maximum absolute atomic E-state index is 11.0. The van der Waals surface area contributed by atoms with Crippen molar-refractivity contribution in [2.75, 3.05) is 13.2 Å². The molecule has 0 saturated carbocycles. The summed E-state index contributed by atoms with van der Waals surface area (Å²) in [4.78, 5) is 11.0. The molecule has 0 aliphatic heterocycles. The van der Waals surface area contributed by atoms with Gasteiger partial charge in [-0.1, -0.05) is 26.0 Å². The molecule has 0 rings (SSSR count). The van der Waals surface area contributed by atoms with Gasteiger partial charge in [-0.25, -0.2) is 0 Å². The Morgan fingerprint density at radius 2 is 1.95 bits per heavy atom. The molecule has 0 aliphatic rings. The third-order valence-corrected chi connectivity index (χ3v) is 3.38. The van der Waals surface area contributed by atoms with E-state index in [0.29, 0.717) is 25.2 Å². The van der Waals surface area contributed by atoms with E-state index in [1.54, 1.807) is 13.0 Å². The minimum Gasteiger partial charge on any atom is -0.396 e. The molecule has 0 aliphatic carbocycles. The normalized spacial score (nSPS) is 16.8. The van der Waals surface area contributed by atoms with Crippen molar-refractivity contribution < 1.29 is 20.1 Å². The van der Waals surface area contributed by atoms with Gasteiger partial charge in [-0.3, -0.25) is 0 Å². The summed E-state index contributed by atoms with van der Waals surface area (Å²) in [5.41, 5.74) is -1.27. The van der Waals surface area contributed by atoms with Gasteiger partial charge in [-0.2, -0.15) is 0 Å². The van der Waals surface area contributed by atoms with E-state index in [2.05, 4.69) is 13.8 Å². The number of aliphatic hydroxyl groups excluding tert-OH is 2. The highest BCUT2D eigenvalue weighted by molar-refractivity contribution is 5.75. The summed E-state index contributed by atoms with van der Waals surface area (Å²) in [5.74, 6) is 0.740. The van der Waals surface area contributed by atoms with Crippen molar-refractivity contribution in [2.45, 2.75) is 52.1 Å². The molecule has 0 heterocycles. The zero-order valence-electron chi connectivity index (χ0n) is 12.3. The van der Waals surface area contributed by atoms with E-state index in [4.69, 9.17) is 5.11 Å². The fraction of sp³-hybridized carbons (Fsp3) is 0.800. The Labute approximate surface area is 116 Å². The van der Waals surface area contributed by atoms with Crippen molar-refractivity contribution in [1.29, 1.82) is 0 Å². The summed E-state index contributed by atoms with van der Waals surface area (Å²) in [6.45, 7) is 5.35. The van der Waals surface area contributed by atoms with E-state index in [1.165, 1.54) is 0 Å². The van der Waals surface area contributed by atoms with Crippen molar-refractivity contribution in [3.8, 4) is 0 Å². The Balaban J connectivity index is 4.60. The van der Waals surface area contributed by atoms with Crippen LogP contribution in [-0.2, 0) is 4.79 Å². The van der Waals surface area contributed by atoms with Crippen LogP contribution in [0.1, 0.15) is 46.5 Å². The van der Waals surface area contributed by atoms with Crippen molar-refractivity contribution in [1.82, 2.24) is 0 Å². The number of ketones is 1. The first kappa shape index (κ1) is 18.3. The van der Waals surface area contributed by atoms with Crippen LogP contribution in [0.5, 0.6) is 0 Å². The first-order valence-corrected chi connectivity index (χ1v) is 6.97. The number of rotatable bonds is 10. The van der Waals surface area contributed by atoms with E-state index >= 15 is 0 Å². The maximum Gasteiger partial charge on any atom is 0.129 e. The topological polar surface area (TPSA) is 77.8 Å². The molecule has 0 fully saturated rings. The SMILES string of the molecule is CC(=O)CCC(/C=C/C(O)(CO)CCCO)C(C)C. The number of allylic oxidation sites excluding steroid dienone is 1. The van der Waals surface area contributed by atoms with Gasteiger partial charge in [0.1, 0.15) is 11.4 Å². The molecule has 112 valence electrons. The highest BCUT2D eigenvalue weighted by Gasteiger charge is 2.22. The summed E-state index contributed by atoms with van der Waals surface area (Å²) in [6.07, 6.45) is 5.57. The fourth-order valence-electron chi connectivity index (χ4n) is 1.92. The van der Waals surface area contributed by atoms with Crippen LogP contribution >= 0.6 is 0 Å². The van der Waals surface area contributed by atoms with Crippen molar-refractivity contribution in [2.24, 2.45) is 11.8 Å². The van der Waals surface area contributed by atoms with Gasteiger partial charge in [0.05, 0.1) is 6.61 Å². The third-order valence-electron chi connectivity index (χ3n) is 3.38. The monoisotopic (exact) mass is 272 g/mol. The van der Waals surface area contributed by atoms with Crippen LogP contribution in [0.15, 0.2) is 12.2 Å². The third kappa shape index (κ3) is 8.14. The number of carbonyl (C=O) groups is 1. The van der Waals surface area contributed by atoms with Crippen molar-refractivity contribution >= 4 is 5.78 Å². The molecule has 0 aromatic carbocycles. The Kier molecular flexibility index (Phi) is 8.89. The summed E-state index contributed by atoms with van der Waals surface area (Å²) in [6, 6.07) is 0. The molecule has 0 radical (unpaired) electrons. The van der Waals surface area contributed by atoms with E-state index in [0.717, 1.165) is 6.42 Å². The van der Waals surface area contributed by atoms with E-state index in [9.17, 15) is 15.0 Å². The minimum absolute atomic E-state index is 0.00586. The average molecular weight is 272 g/mol. The Morgan fingerprint density at radius 1 is 1.32 bits per heavy atom. The van der Waals surface area contributed by atoms with Gasteiger partial charge in [0.25, 0.3) is 0 Å². The molecule has 2 atom stereocenters. The van der Waals surface area contributed by atoms with Crippen LogP contribution in [0, 0.1) is 11.8 Å². The zero-order valence-corrected chi connectivity index (χ0v) is 12.3. The number of carbonyl (C=O) groups excluding carboxylic acids is 1. The molecule has 2 unspecified atom stereocenters. The molecule has 4 heteroatoms. The maximum atomic E-state index is 11.0. The van der Waals surface area contributed by atoms with Gasteiger partial charge in [0.2, 0.25) is 0 Å². The van der Waals surface area contributed by atoms with Gasteiger partial charge in [0.15, 0.2) is 0 Å². The molecule has 0 amide bonds. The first-order chi connectivity index (χ1) is 8.84. The van der Waals surface area contributed by atoms with Crippen molar-refractivity contribution in [3.05, 3.63) is 12.2 Å². The molecule has 0 aromatic rings. The second kappa shape index (κ2) is 9.23. The van der Waals surface area contributed by atoms with Gasteiger partial charge in [-0.05, 0) is 38.0 Å². The molecular formula is C15H28O4. The first-order valence-electron chi connectivity index (χ1n) is 6.97. The van der Waals surface area contributed by atoms with E-state index < -0.39 is 5.60 Å². The lowest BCUT2D eigenvalue weighted by atomic mass is 9.87. The molecule has 19 heavy (non-hydrogen) atoms. The van der Waals surface area contributed by atoms with Gasteiger partial charge >= 0.3 is 0 Å². The van der Waals surface area contributed by atoms with Crippen LogP contribution < -0.4 is 0 Å². The second-order valence-electron chi connectivity index (χ2n) is 5.60. The van der Waals surface area contributed by atoms with Crippen molar-refractivity contribution in [3.63, 3.8) is 0 Å². The van der Waals surface area contributed by atoms with Crippen LogP contribution in [0.3, 0.4) is 0 Å². The number of aliphatic hydroxyl groups is 3. The summed E-state index contributed by atoms with van der Waals surface area (Å²) >= 11 is 0. The van der Waals surface area contributed by atoms with E-state index in [1.807, 2.05) is 6.08 Å². The Hall–Kier alpha value is -0.710. The molecule has 4 nitrogen and oxygen atoms in total. The molecule has 0 spiro atoms. The molecule has 0 bridgehead atoms. The van der Waals surface area contributed by atoms with Crippen LogP contribution in [0.4, 0.5) is 0 Å². The lowest BCUT2D eigenvalue weighted by molar-refractivity contribution is -0.117. The molecule has 0 saturated heterocycles. The largest absolute Gasteiger partial charge is 0.396 e. The summed E-state index contributed by atoms with van der Waals surface area (Å²) < 4.78 is 0. The van der Waals surface area contributed by atoms with Crippen LogP contribution in [0.2, 0.25) is 0 Å². The second-order valence-corrected chi connectivity index (χ2v) is 5.60. The van der Waals surface area contributed by atoms with E-state index in [-0.39, 0.29) is 24.9 Å². The van der Waals surface area contributed by atoms with Gasteiger partial charge in [0, 0.05) is 13.0 Å². The smallest absolute Gasteiger partial charge is 0.129 e. The summed E-state index contributed by atoms with van der Waals surface area (Å²) in [7, 11) is 0. The number of hydrogen-bond acceptors (Lipinski definition) is 4. The average Bonchev–Trinajstić information content (AvgIpc) is 2.35. The Morgan fingerprint density at radius 3 is 2.37 bits per heavy atom. The molecule has 0 aromatic heterocycles. The molecular weight excluding hydrogens is 244 g/mol. The zero-order chi connectivity index (χ0) is 14.9. The predicted molar refractivity (Wildman–Crippen MR) is 75.7 cm³/mol. The predicted octanol–water partition coefficient (Wildman–Crippen LogP) is 1.68. The van der Waals surface area contributed by atoms with Crippen LogP contribution in [0.25, 0.3) is 0 Å². The highest BCUT2D eigenvalue weighted by atomic mass is 16.3. The Bertz CT molecular complexity index is 286. The number of Topliss-reactive ketones (excluding diaryl/α,β-unsaturated/α-hetero) is 1. The fourth-order valence-corrected chi connectivity index (χ4v) is 1.92. The molecule has 3 N–H and O–H groups in total. The van der Waals surface area contributed by atoms with Gasteiger partial charge in [-0.15, -0.1) is 0 Å². The quantitative estimate of drug-likeness (QED) is 0.529. The standard InChI is InChI=1S/C15H28O4/c1-12(2)14(6-5-13(3)18)7-9-15(19,11-17)8-4-10-16/h7,9,12,14,16-17,19H,4-6,8,10-11H2,1-3H3/b9-7+. The minimum atomic E-state index is -1.27. The van der Waals surface area contributed by atoms with Gasteiger partial charge < -0.3 is 20.1 Å². The summed E-state index contributed by atoms with van der Waals surface area (Å²) in [5, 5.41) is 28.2. The van der Waals surface area contributed by atoms with Crippen LogP contribution in [-0.4, -0.2) is 39.9 Å². The lowest BCUT2D eigenvalue weighted by Gasteiger charge is -2.23. The number of hydrogen-bond donors (Lipinski definition) is 3. The highest BCUT2D eigenvalue weighted by Crippen LogP contribution is 2.22. The lowest BCUT2D eigenvalue weighted by Crippen LogP contribution is -2.31.